The number of piperidine rings is 1. The largest absolute Gasteiger partial charge is 3.00 e. The first-order valence-electron chi connectivity index (χ1n) is 9.40. The van der Waals surface area contributed by atoms with E-state index in [0.717, 1.165) is 10.8 Å². The summed E-state index contributed by atoms with van der Waals surface area (Å²) in [6.45, 7) is 2.77. The van der Waals surface area contributed by atoms with E-state index in [2.05, 4.69) is 10.3 Å². The van der Waals surface area contributed by atoms with Crippen LogP contribution in [0.1, 0.15) is 30.4 Å². The zero-order valence-electron chi connectivity index (χ0n) is 15.7. The zero-order valence-corrected chi connectivity index (χ0v) is 16.7. The Morgan fingerprint density at radius 2 is 1.54 bits per heavy atom. The first-order valence-corrected chi connectivity index (χ1v) is 9.40. The van der Waals surface area contributed by atoms with E-state index in [0.29, 0.717) is 11.1 Å². The normalized spacial score (nSPS) is 13.6. The summed E-state index contributed by atoms with van der Waals surface area (Å²) in [6, 6.07) is 17.8. The van der Waals surface area contributed by atoms with Crippen molar-refractivity contribution in [1.29, 1.82) is 0 Å². The van der Waals surface area contributed by atoms with Crippen molar-refractivity contribution in [1.82, 2.24) is 5.32 Å². The number of nitrogens with one attached hydrogen (secondary N) is 1. The van der Waals surface area contributed by atoms with E-state index in [4.69, 9.17) is 0 Å². The fourth-order valence-electron chi connectivity index (χ4n) is 3.10. The summed E-state index contributed by atoms with van der Waals surface area (Å²) >= 11 is 0. The second-order valence-corrected chi connectivity index (χ2v) is 6.58. The van der Waals surface area contributed by atoms with Crippen molar-refractivity contribution in [3.05, 3.63) is 71.8 Å². The summed E-state index contributed by atoms with van der Waals surface area (Å²) in [4.78, 5) is 4.26. The Morgan fingerprint density at radius 3 is 2.21 bits per heavy atom. The van der Waals surface area contributed by atoms with E-state index in [1.165, 1.54) is 44.6 Å². The molecule has 1 saturated heterocycles. The molecular formula is C23H24N2NiO2+. The van der Waals surface area contributed by atoms with Crippen molar-refractivity contribution in [3.63, 3.8) is 0 Å². The number of hydrogen-bond donors (Lipinski definition) is 1. The Hall–Kier alpha value is -2.36. The van der Waals surface area contributed by atoms with Crippen LogP contribution in [0.3, 0.4) is 0 Å². The number of hydrogen-bond acceptors (Lipinski definition) is 4. The van der Waals surface area contributed by atoms with Crippen LogP contribution in [-0.4, -0.2) is 19.3 Å². The quantitative estimate of drug-likeness (QED) is 0.523. The fraction of sp³-hybridized carbons (Fsp3) is 0.261. The van der Waals surface area contributed by atoms with Gasteiger partial charge in [-0.15, -0.1) is 11.5 Å². The molecule has 0 unspecified atom stereocenters. The monoisotopic (exact) mass is 418 g/mol. The number of para-hydroxylation sites is 1. The minimum absolute atomic E-state index is 0. The molecular weight excluding hydrogens is 395 g/mol. The van der Waals surface area contributed by atoms with Gasteiger partial charge >= 0.3 is 16.5 Å². The SMILES string of the molecule is C1CCNCC1.[Ni+3].[O-]c1ccccc1C=NCc1c([O-])ccc2ccccc12. The van der Waals surface area contributed by atoms with E-state index in [1.807, 2.05) is 30.3 Å². The van der Waals surface area contributed by atoms with Crippen LogP contribution in [-0.2, 0) is 23.0 Å². The van der Waals surface area contributed by atoms with Gasteiger partial charge in [0.2, 0.25) is 0 Å². The van der Waals surface area contributed by atoms with Gasteiger partial charge in [-0.05, 0) is 47.8 Å². The molecule has 0 saturated carbocycles. The number of benzene rings is 3. The molecule has 1 N–H and O–H groups in total. The third kappa shape index (κ3) is 6.08. The van der Waals surface area contributed by atoms with Crippen molar-refractivity contribution in [2.24, 2.45) is 4.99 Å². The van der Waals surface area contributed by atoms with E-state index >= 15 is 0 Å². The molecule has 28 heavy (non-hydrogen) atoms. The Labute approximate surface area is 176 Å². The van der Waals surface area contributed by atoms with Crippen LogP contribution >= 0.6 is 0 Å². The number of rotatable bonds is 3. The van der Waals surface area contributed by atoms with E-state index in [1.54, 1.807) is 24.3 Å². The molecule has 0 aromatic heterocycles. The second kappa shape index (κ2) is 11.5. The maximum Gasteiger partial charge on any atom is 3.00 e. The summed E-state index contributed by atoms with van der Waals surface area (Å²) in [7, 11) is 0. The summed E-state index contributed by atoms with van der Waals surface area (Å²) in [5.41, 5.74) is 1.19. The minimum Gasteiger partial charge on any atom is -0.872 e. The first kappa shape index (κ1) is 21.9. The van der Waals surface area contributed by atoms with E-state index in [-0.39, 0.29) is 34.5 Å². The molecule has 3 aromatic rings. The van der Waals surface area contributed by atoms with Crippen LogP contribution in [0, 0.1) is 0 Å². The molecule has 0 spiro atoms. The van der Waals surface area contributed by atoms with Crippen LogP contribution in [0.25, 0.3) is 10.8 Å². The van der Waals surface area contributed by atoms with Crippen LogP contribution in [0.5, 0.6) is 11.5 Å². The first-order chi connectivity index (χ1) is 13.3. The predicted octanol–water partition coefficient (Wildman–Crippen LogP) is 3.36. The molecule has 0 bridgehead atoms. The molecule has 147 valence electrons. The molecule has 0 atom stereocenters. The molecule has 1 aliphatic heterocycles. The van der Waals surface area contributed by atoms with Gasteiger partial charge in [-0.25, -0.2) is 0 Å². The van der Waals surface area contributed by atoms with Crippen molar-refractivity contribution >= 4 is 17.0 Å². The molecule has 3 aromatic carbocycles. The topological polar surface area (TPSA) is 70.5 Å². The average Bonchev–Trinajstić information content (AvgIpc) is 2.73. The molecule has 4 rings (SSSR count). The maximum atomic E-state index is 12.0. The minimum atomic E-state index is -0.0680. The van der Waals surface area contributed by atoms with E-state index < -0.39 is 0 Å². The van der Waals surface area contributed by atoms with Crippen molar-refractivity contribution < 1.29 is 26.7 Å². The summed E-state index contributed by atoms with van der Waals surface area (Å²) in [6.07, 6.45) is 5.75. The standard InChI is InChI=1S/C18H15NO2.C5H11N.Ni/c20-17-8-4-2-6-14(17)11-19-12-16-15-7-3-1-5-13(15)9-10-18(16)21;1-2-4-6-5-3-1;/h1-11,20-21H,12H2;6H,1-5H2;/q;;+3/p-2. The Kier molecular flexibility index (Phi) is 8.99. The molecule has 0 aliphatic carbocycles. The Morgan fingerprint density at radius 1 is 0.821 bits per heavy atom. The van der Waals surface area contributed by atoms with Crippen LogP contribution < -0.4 is 15.5 Å². The van der Waals surface area contributed by atoms with Gasteiger partial charge < -0.3 is 15.5 Å². The Balaban J connectivity index is 0.000000344. The van der Waals surface area contributed by atoms with Gasteiger partial charge in [0.1, 0.15) is 0 Å². The smallest absolute Gasteiger partial charge is 0.872 e. The van der Waals surface area contributed by atoms with Gasteiger partial charge in [0.15, 0.2) is 0 Å². The van der Waals surface area contributed by atoms with E-state index in [9.17, 15) is 10.2 Å². The molecule has 1 radical (unpaired) electrons. The third-order valence-corrected chi connectivity index (χ3v) is 4.60. The van der Waals surface area contributed by atoms with Crippen LogP contribution in [0.4, 0.5) is 0 Å². The predicted molar refractivity (Wildman–Crippen MR) is 107 cm³/mol. The van der Waals surface area contributed by atoms with Gasteiger partial charge in [0, 0.05) is 6.21 Å². The van der Waals surface area contributed by atoms with Crippen molar-refractivity contribution in [2.75, 3.05) is 13.1 Å². The Bertz CT molecular complexity index is 896. The van der Waals surface area contributed by atoms with Gasteiger partial charge in [0.25, 0.3) is 0 Å². The molecule has 1 fully saturated rings. The zero-order chi connectivity index (χ0) is 18.9. The van der Waals surface area contributed by atoms with Gasteiger partial charge in [-0.3, -0.25) is 4.99 Å². The van der Waals surface area contributed by atoms with Crippen LogP contribution in [0.15, 0.2) is 65.7 Å². The van der Waals surface area contributed by atoms with Gasteiger partial charge in [0.05, 0.1) is 6.54 Å². The molecule has 1 heterocycles. The van der Waals surface area contributed by atoms with Gasteiger partial charge in [-0.1, -0.05) is 67.1 Å². The fourth-order valence-corrected chi connectivity index (χ4v) is 3.10. The number of aliphatic imine (C=N–C) groups is 1. The summed E-state index contributed by atoms with van der Waals surface area (Å²) < 4.78 is 0. The average molecular weight is 419 g/mol. The third-order valence-electron chi connectivity index (χ3n) is 4.60. The van der Waals surface area contributed by atoms with Crippen molar-refractivity contribution in [2.45, 2.75) is 25.8 Å². The van der Waals surface area contributed by atoms with Crippen molar-refractivity contribution in [3.8, 4) is 11.5 Å². The molecule has 4 nitrogen and oxygen atoms in total. The second-order valence-electron chi connectivity index (χ2n) is 6.58. The number of nitrogens with zero attached hydrogens (tertiary/aromatic N) is 1. The maximum absolute atomic E-state index is 12.0. The van der Waals surface area contributed by atoms with Crippen LogP contribution in [0.2, 0.25) is 0 Å². The summed E-state index contributed by atoms with van der Waals surface area (Å²) in [5.74, 6) is -0.0947. The molecule has 5 heteroatoms. The number of fused-ring (bicyclic) bond motifs is 1. The molecule has 0 amide bonds. The molecule has 1 aliphatic rings. The summed E-state index contributed by atoms with van der Waals surface area (Å²) in [5, 5.41) is 28.8. The van der Waals surface area contributed by atoms with Gasteiger partial charge in [-0.2, -0.15) is 0 Å².